The average molecular weight is 323 g/mol. The fourth-order valence-electron chi connectivity index (χ4n) is 2.71. The molecule has 23 heavy (non-hydrogen) atoms. The first-order valence-corrected chi connectivity index (χ1v) is 9.60. The topological polar surface area (TPSA) is 26.3 Å². The predicted octanol–water partition coefficient (Wildman–Crippen LogP) is 6.61. The molecular formula is C21H38O2. The molecule has 2 heteroatoms. The van der Waals surface area contributed by atoms with Gasteiger partial charge in [-0.3, -0.25) is 4.79 Å². The number of esters is 1. The zero-order chi connectivity index (χ0) is 17.2. The van der Waals surface area contributed by atoms with Gasteiger partial charge in [-0.05, 0) is 31.6 Å². The molecule has 134 valence electrons. The number of carbonyl (C=O) groups excluding carboxylic acids is 1. The molecule has 0 aliphatic heterocycles. The molecule has 2 nitrogen and oxygen atoms in total. The minimum absolute atomic E-state index is 0.0830. The van der Waals surface area contributed by atoms with E-state index in [-0.39, 0.29) is 5.97 Å². The van der Waals surface area contributed by atoms with Crippen molar-refractivity contribution in [3.05, 3.63) is 24.8 Å². The molecule has 1 unspecified atom stereocenters. The maximum absolute atomic E-state index is 11.0. The van der Waals surface area contributed by atoms with Gasteiger partial charge in [-0.25, -0.2) is 0 Å². The summed E-state index contributed by atoms with van der Waals surface area (Å²) in [6, 6.07) is 0. The zero-order valence-corrected chi connectivity index (χ0v) is 15.5. The van der Waals surface area contributed by atoms with Gasteiger partial charge in [0.15, 0.2) is 0 Å². The second kappa shape index (κ2) is 17.3. The van der Waals surface area contributed by atoms with Crippen LogP contribution in [0.5, 0.6) is 0 Å². The fraction of sp³-hybridized carbons (Fsp3) is 0.762. The van der Waals surface area contributed by atoms with Crippen LogP contribution in [0.1, 0.15) is 90.4 Å². The van der Waals surface area contributed by atoms with E-state index in [1.807, 2.05) is 0 Å². The SMILES string of the molecule is C=CC(/C=C/CCCCCC)CCCCCCCCC(=O)OC. The van der Waals surface area contributed by atoms with Crippen LogP contribution >= 0.6 is 0 Å². The lowest BCUT2D eigenvalue weighted by Crippen LogP contribution is -1.99. The monoisotopic (exact) mass is 322 g/mol. The van der Waals surface area contributed by atoms with Crippen molar-refractivity contribution in [3.63, 3.8) is 0 Å². The van der Waals surface area contributed by atoms with E-state index in [9.17, 15) is 4.79 Å². The molecule has 0 aliphatic carbocycles. The first-order valence-electron chi connectivity index (χ1n) is 9.60. The van der Waals surface area contributed by atoms with E-state index in [0.717, 1.165) is 12.8 Å². The summed E-state index contributed by atoms with van der Waals surface area (Å²) >= 11 is 0. The van der Waals surface area contributed by atoms with Crippen molar-refractivity contribution >= 4 is 5.97 Å². The minimum atomic E-state index is -0.0830. The van der Waals surface area contributed by atoms with Gasteiger partial charge in [-0.2, -0.15) is 0 Å². The molecule has 0 N–H and O–H groups in total. The number of carbonyl (C=O) groups is 1. The maximum Gasteiger partial charge on any atom is 0.305 e. The maximum atomic E-state index is 11.0. The molecule has 0 aliphatic rings. The summed E-state index contributed by atoms with van der Waals surface area (Å²) in [4.78, 5) is 11.0. The van der Waals surface area contributed by atoms with Crippen molar-refractivity contribution in [1.29, 1.82) is 0 Å². The third-order valence-electron chi connectivity index (χ3n) is 4.31. The van der Waals surface area contributed by atoms with Crippen LogP contribution < -0.4 is 0 Å². The molecule has 0 rings (SSSR count). The van der Waals surface area contributed by atoms with E-state index < -0.39 is 0 Å². The van der Waals surface area contributed by atoms with Gasteiger partial charge in [-0.15, -0.1) is 6.58 Å². The standard InChI is InChI=1S/C21H38O2/c1-4-6-7-8-11-14-17-20(5-2)18-15-12-9-10-13-16-19-21(22)23-3/h5,14,17,20H,2,4,6-13,15-16,18-19H2,1,3H3/b17-14+. The second-order valence-electron chi connectivity index (χ2n) is 6.41. The Balaban J connectivity index is 3.47. The van der Waals surface area contributed by atoms with Gasteiger partial charge >= 0.3 is 5.97 Å². The van der Waals surface area contributed by atoms with Crippen molar-refractivity contribution in [2.24, 2.45) is 5.92 Å². The Morgan fingerprint density at radius 2 is 1.65 bits per heavy atom. The Morgan fingerprint density at radius 3 is 2.30 bits per heavy atom. The van der Waals surface area contributed by atoms with E-state index in [1.54, 1.807) is 0 Å². The summed E-state index contributed by atoms with van der Waals surface area (Å²) in [7, 11) is 1.46. The molecule has 0 heterocycles. The smallest absolute Gasteiger partial charge is 0.305 e. The van der Waals surface area contributed by atoms with Crippen LogP contribution in [0.3, 0.4) is 0 Å². The molecule has 0 saturated heterocycles. The summed E-state index contributed by atoms with van der Waals surface area (Å²) in [5.74, 6) is 0.459. The van der Waals surface area contributed by atoms with Crippen molar-refractivity contribution in [1.82, 2.24) is 0 Å². The molecule has 0 fully saturated rings. The van der Waals surface area contributed by atoms with Crippen molar-refractivity contribution in [2.45, 2.75) is 90.4 Å². The highest BCUT2D eigenvalue weighted by molar-refractivity contribution is 5.68. The van der Waals surface area contributed by atoms with Crippen LogP contribution in [0.25, 0.3) is 0 Å². The average Bonchev–Trinajstić information content (AvgIpc) is 2.57. The van der Waals surface area contributed by atoms with Crippen LogP contribution in [-0.2, 0) is 9.53 Å². The van der Waals surface area contributed by atoms with E-state index in [2.05, 4.69) is 36.5 Å². The summed E-state index contributed by atoms with van der Waals surface area (Å²) < 4.78 is 4.64. The molecule has 1 atom stereocenters. The third kappa shape index (κ3) is 15.6. The molecule has 0 radical (unpaired) electrons. The second-order valence-corrected chi connectivity index (χ2v) is 6.41. The molecule has 0 bridgehead atoms. The van der Waals surface area contributed by atoms with Gasteiger partial charge < -0.3 is 4.74 Å². The Morgan fingerprint density at radius 1 is 1.00 bits per heavy atom. The number of ether oxygens (including phenoxy) is 1. The zero-order valence-electron chi connectivity index (χ0n) is 15.5. The molecule has 0 aromatic carbocycles. The lowest BCUT2D eigenvalue weighted by Gasteiger charge is -2.07. The number of unbranched alkanes of at least 4 members (excludes halogenated alkanes) is 9. The van der Waals surface area contributed by atoms with Crippen LogP contribution in [-0.4, -0.2) is 13.1 Å². The van der Waals surface area contributed by atoms with Crippen molar-refractivity contribution in [2.75, 3.05) is 7.11 Å². The van der Waals surface area contributed by atoms with E-state index in [4.69, 9.17) is 0 Å². The quantitative estimate of drug-likeness (QED) is 0.181. The van der Waals surface area contributed by atoms with Gasteiger partial charge in [0, 0.05) is 6.42 Å². The largest absolute Gasteiger partial charge is 0.469 e. The van der Waals surface area contributed by atoms with E-state index >= 15 is 0 Å². The van der Waals surface area contributed by atoms with E-state index in [0.29, 0.717) is 12.3 Å². The molecular weight excluding hydrogens is 284 g/mol. The van der Waals surface area contributed by atoms with E-state index in [1.165, 1.54) is 71.3 Å². The first kappa shape index (κ1) is 21.9. The highest BCUT2D eigenvalue weighted by Crippen LogP contribution is 2.15. The lowest BCUT2D eigenvalue weighted by molar-refractivity contribution is -0.140. The van der Waals surface area contributed by atoms with Gasteiger partial charge in [0.2, 0.25) is 0 Å². The van der Waals surface area contributed by atoms with Gasteiger partial charge in [0.25, 0.3) is 0 Å². The van der Waals surface area contributed by atoms with Crippen LogP contribution in [0.4, 0.5) is 0 Å². The minimum Gasteiger partial charge on any atom is -0.469 e. The van der Waals surface area contributed by atoms with Gasteiger partial charge in [0.05, 0.1) is 7.11 Å². The van der Waals surface area contributed by atoms with Crippen molar-refractivity contribution in [3.8, 4) is 0 Å². The Hall–Kier alpha value is -1.05. The highest BCUT2D eigenvalue weighted by atomic mass is 16.5. The predicted molar refractivity (Wildman–Crippen MR) is 101 cm³/mol. The first-order chi connectivity index (χ1) is 11.2. The van der Waals surface area contributed by atoms with Gasteiger partial charge in [0.1, 0.15) is 0 Å². The summed E-state index contributed by atoms with van der Waals surface area (Å²) in [6.45, 7) is 6.21. The van der Waals surface area contributed by atoms with Crippen LogP contribution in [0.2, 0.25) is 0 Å². The summed E-state index contributed by atoms with van der Waals surface area (Å²) in [5, 5.41) is 0. The van der Waals surface area contributed by atoms with Crippen LogP contribution in [0.15, 0.2) is 24.8 Å². The highest BCUT2D eigenvalue weighted by Gasteiger charge is 2.01. The summed E-state index contributed by atoms with van der Waals surface area (Å²) in [5.41, 5.74) is 0. The van der Waals surface area contributed by atoms with Crippen LogP contribution in [0, 0.1) is 5.92 Å². The number of hydrogen-bond donors (Lipinski definition) is 0. The third-order valence-corrected chi connectivity index (χ3v) is 4.31. The number of allylic oxidation sites excluding steroid dienone is 3. The van der Waals surface area contributed by atoms with Gasteiger partial charge in [-0.1, -0.05) is 76.5 Å². The molecule has 0 amide bonds. The molecule has 0 saturated carbocycles. The normalized spacial score (nSPS) is 12.4. The number of methoxy groups -OCH3 is 1. The Labute approximate surface area is 144 Å². The van der Waals surface area contributed by atoms with Crippen molar-refractivity contribution < 1.29 is 9.53 Å². The molecule has 0 aromatic rings. The molecule has 0 aromatic heterocycles. The number of hydrogen-bond acceptors (Lipinski definition) is 2. The fourth-order valence-corrected chi connectivity index (χ4v) is 2.71. The lowest BCUT2D eigenvalue weighted by atomic mass is 9.99. The molecule has 0 spiro atoms. The Bertz CT molecular complexity index is 307. The Kier molecular flexibility index (Phi) is 16.5. The summed E-state index contributed by atoms with van der Waals surface area (Å²) in [6.07, 6.45) is 22.3. The number of rotatable bonds is 16.